The molecule has 0 aliphatic rings. The SMILES string of the molecule is C=C(C)C.N=C=O.N=C=O.Nc1ccccc1Cl.Nc1ccccc1Cl. The van der Waals surface area contributed by atoms with E-state index >= 15 is 0 Å². The van der Waals surface area contributed by atoms with Crippen molar-refractivity contribution < 1.29 is 9.59 Å². The van der Waals surface area contributed by atoms with Gasteiger partial charge in [-0.15, -0.1) is 6.58 Å². The van der Waals surface area contributed by atoms with Crippen LogP contribution in [0.5, 0.6) is 0 Å². The summed E-state index contributed by atoms with van der Waals surface area (Å²) < 4.78 is 0. The molecule has 0 saturated heterocycles. The van der Waals surface area contributed by atoms with Gasteiger partial charge in [-0.3, -0.25) is 0 Å². The van der Waals surface area contributed by atoms with Crippen molar-refractivity contribution in [3.63, 3.8) is 0 Å². The molecular weight excluding hydrogens is 375 g/mol. The smallest absolute Gasteiger partial charge is 0.231 e. The molecule has 2 rings (SSSR count). The van der Waals surface area contributed by atoms with E-state index in [1.807, 2.05) is 38.1 Å². The van der Waals surface area contributed by atoms with E-state index < -0.39 is 0 Å². The standard InChI is InChI=1S/2C6H6ClN.C4H8.2CHNO/c2*7-5-3-1-2-4-6(5)8;1-4(2)3;2*2-1-3/h2*1-4H,8H2;1H2,2-3H3;2*2H. The van der Waals surface area contributed by atoms with Gasteiger partial charge in [-0.1, -0.05) is 53.0 Å². The van der Waals surface area contributed by atoms with Gasteiger partial charge in [-0.2, -0.15) is 0 Å². The zero-order chi connectivity index (χ0) is 21.0. The molecule has 8 heteroatoms. The molecular formula is C18H22Cl2N4O2. The molecule has 0 bridgehead atoms. The van der Waals surface area contributed by atoms with E-state index in [0.29, 0.717) is 21.4 Å². The molecule has 0 heterocycles. The summed E-state index contributed by atoms with van der Waals surface area (Å²) in [5, 5.41) is 12.0. The van der Waals surface area contributed by atoms with Crippen LogP contribution in [0, 0.1) is 10.8 Å². The zero-order valence-electron chi connectivity index (χ0n) is 14.6. The summed E-state index contributed by atoms with van der Waals surface area (Å²) in [5.74, 6) is 0. The van der Waals surface area contributed by atoms with E-state index in [4.69, 9.17) is 55.1 Å². The monoisotopic (exact) mass is 396 g/mol. The number of rotatable bonds is 0. The summed E-state index contributed by atoms with van der Waals surface area (Å²) in [5.41, 5.74) is 13.2. The van der Waals surface area contributed by atoms with Crippen molar-refractivity contribution in [1.29, 1.82) is 10.8 Å². The molecule has 2 aromatic carbocycles. The Labute approximate surface area is 163 Å². The van der Waals surface area contributed by atoms with E-state index in [-0.39, 0.29) is 0 Å². The van der Waals surface area contributed by atoms with Crippen LogP contribution in [-0.2, 0) is 9.59 Å². The van der Waals surface area contributed by atoms with Crippen LogP contribution >= 0.6 is 23.2 Å². The van der Waals surface area contributed by atoms with Crippen molar-refractivity contribution in [2.75, 3.05) is 11.5 Å². The first-order chi connectivity index (χ1) is 12.2. The van der Waals surface area contributed by atoms with Crippen LogP contribution in [0.1, 0.15) is 13.8 Å². The van der Waals surface area contributed by atoms with Crippen molar-refractivity contribution in [3.8, 4) is 0 Å². The number of nitrogens with one attached hydrogen (secondary N) is 2. The second kappa shape index (κ2) is 20.2. The fourth-order valence-electron chi connectivity index (χ4n) is 0.950. The number of nitrogen functional groups attached to an aromatic ring is 2. The predicted octanol–water partition coefficient (Wildman–Crippen LogP) is 5.23. The Balaban J connectivity index is -0.000000276. The van der Waals surface area contributed by atoms with Crippen LogP contribution in [0.15, 0.2) is 60.7 Å². The highest BCUT2D eigenvalue weighted by atomic mass is 35.5. The lowest BCUT2D eigenvalue weighted by Gasteiger charge is -1.91. The Kier molecular flexibility index (Phi) is 21.7. The molecule has 0 radical (unpaired) electrons. The van der Waals surface area contributed by atoms with Gasteiger partial charge in [0.25, 0.3) is 0 Å². The molecule has 0 spiro atoms. The summed E-state index contributed by atoms with van der Waals surface area (Å²) in [7, 11) is 0. The summed E-state index contributed by atoms with van der Waals surface area (Å²) in [4.78, 5) is 16.7. The summed E-state index contributed by atoms with van der Waals surface area (Å²) in [6, 6.07) is 14.4. The molecule has 0 saturated carbocycles. The van der Waals surface area contributed by atoms with Crippen LogP contribution in [0.3, 0.4) is 0 Å². The second-order valence-corrected chi connectivity index (χ2v) is 5.27. The number of anilines is 2. The number of nitrogens with two attached hydrogens (primary N) is 2. The Hall–Kier alpha value is -2.88. The number of hydrogen-bond donors (Lipinski definition) is 4. The number of benzene rings is 2. The lowest BCUT2D eigenvalue weighted by molar-refractivity contribution is 0.562. The molecule has 0 aliphatic heterocycles. The fraction of sp³-hybridized carbons (Fsp3) is 0.111. The Morgan fingerprint density at radius 3 is 1.15 bits per heavy atom. The van der Waals surface area contributed by atoms with E-state index in [1.165, 1.54) is 5.57 Å². The lowest BCUT2D eigenvalue weighted by Crippen LogP contribution is -1.82. The van der Waals surface area contributed by atoms with E-state index in [1.54, 1.807) is 24.3 Å². The number of isocyanates is 2. The zero-order valence-corrected chi connectivity index (χ0v) is 16.1. The van der Waals surface area contributed by atoms with Gasteiger partial charge in [0.2, 0.25) is 12.2 Å². The van der Waals surface area contributed by atoms with Crippen LogP contribution in [-0.4, -0.2) is 12.2 Å². The third-order valence-electron chi connectivity index (χ3n) is 1.81. The quantitative estimate of drug-likeness (QED) is 0.210. The van der Waals surface area contributed by atoms with Gasteiger partial charge in [0.1, 0.15) is 0 Å². The first kappa shape index (κ1) is 27.9. The van der Waals surface area contributed by atoms with Gasteiger partial charge in [0.05, 0.1) is 21.4 Å². The van der Waals surface area contributed by atoms with Gasteiger partial charge >= 0.3 is 0 Å². The summed E-state index contributed by atoms with van der Waals surface area (Å²) >= 11 is 11.2. The molecule has 0 aliphatic carbocycles. The van der Waals surface area contributed by atoms with Crippen LogP contribution in [0.2, 0.25) is 10.0 Å². The molecule has 140 valence electrons. The van der Waals surface area contributed by atoms with E-state index in [0.717, 1.165) is 12.2 Å². The summed E-state index contributed by atoms with van der Waals surface area (Å²) in [6.45, 7) is 7.50. The first-order valence-electron chi connectivity index (χ1n) is 6.87. The number of hydrogen-bond acceptors (Lipinski definition) is 6. The molecule has 0 atom stereocenters. The average Bonchev–Trinajstić information content (AvgIpc) is 2.55. The maximum Gasteiger partial charge on any atom is 0.231 e. The molecule has 26 heavy (non-hydrogen) atoms. The molecule has 6 N–H and O–H groups in total. The van der Waals surface area contributed by atoms with Crippen LogP contribution < -0.4 is 11.5 Å². The minimum Gasteiger partial charge on any atom is -0.398 e. The molecule has 2 aromatic rings. The van der Waals surface area contributed by atoms with Gasteiger partial charge in [-0.05, 0) is 38.1 Å². The number of allylic oxidation sites excluding steroid dienone is 1. The highest BCUT2D eigenvalue weighted by molar-refractivity contribution is 6.33. The largest absolute Gasteiger partial charge is 0.398 e. The maximum atomic E-state index is 8.35. The number of carbonyl (C=O) groups excluding carboxylic acids is 2. The molecule has 0 aromatic heterocycles. The van der Waals surface area contributed by atoms with Crippen molar-refractivity contribution in [3.05, 3.63) is 70.7 Å². The van der Waals surface area contributed by atoms with Gasteiger partial charge < -0.3 is 11.5 Å². The lowest BCUT2D eigenvalue weighted by atomic mass is 10.3. The van der Waals surface area contributed by atoms with E-state index in [9.17, 15) is 0 Å². The van der Waals surface area contributed by atoms with Crippen LogP contribution in [0.4, 0.5) is 11.4 Å². The van der Waals surface area contributed by atoms with Crippen molar-refractivity contribution in [1.82, 2.24) is 0 Å². The predicted molar refractivity (Wildman–Crippen MR) is 109 cm³/mol. The third-order valence-corrected chi connectivity index (χ3v) is 2.50. The minimum absolute atomic E-state index is 0.618. The van der Waals surface area contributed by atoms with Gasteiger partial charge in [0, 0.05) is 0 Å². The highest BCUT2D eigenvalue weighted by Gasteiger charge is 1.88. The summed E-state index contributed by atoms with van der Waals surface area (Å²) in [6.07, 6.45) is 1.50. The van der Waals surface area contributed by atoms with Crippen molar-refractivity contribution in [2.24, 2.45) is 0 Å². The Bertz CT molecular complexity index is 608. The van der Waals surface area contributed by atoms with E-state index in [2.05, 4.69) is 6.58 Å². The number of halogens is 2. The topological polar surface area (TPSA) is 134 Å². The highest BCUT2D eigenvalue weighted by Crippen LogP contribution is 2.16. The van der Waals surface area contributed by atoms with Crippen molar-refractivity contribution >= 4 is 46.7 Å². The fourth-order valence-corrected chi connectivity index (χ4v) is 1.22. The molecule has 0 unspecified atom stereocenters. The minimum atomic E-state index is 0.618. The third kappa shape index (κ3) is 23.4. The maximum absolute atomic E-state index is 8.35. The normalized spacial score (nSPS) is 7.23. The number of para-hydroxylation sites is 2. The molecule has 0 amide bonds. The molecule has 6 nitrogen and oxygen atoms in total. The average molecular weight is 397 g/mol. The van der Waals surface area contributed by atoms with Gasteiger partial charge in [-0.25, -0.2) is 20.4 Å². The Morgan fingerprint density at radius 1 is 0.846 bits per heavy atom. The Morgan fingerprint density at radius 2 is 1.04 bits per heavy atom. The van der Waals surface area contributed by atoms with Gasteiger partial charge in [0.15, 0.2) is 0 Å². The van der Waals surface area contributed by atoms with Crippen LogP contribution in [0.25, 0.3) is 0 Å². The van der Waals surface area contributed by atoms with Crippen molar-refractivity contribution in [2.45, 2.75) is 13.8 Å². The molecule has 0 fully saturated rings. The first-order valence-corrected chi connectivity index (χ1v) is 7.63. The second-order valence-electron chi connectivity index (χ2n) is 4.45.